The number of anilines is 2. The molecule has 0 radical (unpaired) electrons. The fourth-order valence-electron chi connectivity index (χ4n) is 8.63. The van der Waals surface area contributed by atoms with Crippen LogP contribution in [0.5, 0.6) is 0 Å². The summed E-state index contributed by atoms with van der Waals surface area (Å²) in [5.74, 6) is 0.454. The molecule has 0 unspecified atom stereocenters. The minimum absolute atomic E-state index is 0.246. The normalized spacial score (nSPS) is 16.2. The first-order valence-corrected chi connectivity index (χ1v) is 20.5. The van der Waals surface area contributed by atoms with Crippen LogP contribution in [0.25, 0.3) is 22.2 Å². The van der Waals surface area contributed by atoms with Crippen molar-refractivity contribution in [2.75, 3.05) is 31.5 Å². The van der Waals surface area contributed by atoms with Crippen LogP contribution in [0, 0.1) is 29.6 Å². The van der Waals surface area contributed by atoms with E-state index < -0.39 is 12.2 Å². The van der Waals surface area contributed by atoms with Crippen molar-refractivity contribution in [1.29, 1.82) is 5.26 Å². The number of aliphatic imine (C=N–C) groups is 1. The van der Waals surface area contributed by atoms with Crippen molar-refractivity contribution in [3.05, 3.63) is 119 Å². The Morgan fingerprint density at radius 1 is 0.931 bits per heavy atom. The average Bonchev–Trinajstić information content (AvgIpc) is 3.88. The molecule has 8 nitrogen and oxygen atoms in total. The van der Waals surface area contributed by atoms with E-state index in [2.05, 4.69) is 94.7 Å². The lowest BCUT2D eigenvalue weighted by Crippen LogP contribution is -2.37. The largest absolute Gasteiger partial charge is 0.338 e. The predicted molar refractivity (Wildman–Crippen MR) is 231 cm³/mol. The maximum Gasteiger partial charge on any atom is 0.297 e. The number of nitriles is 1. The van der Waals surface area contributed by atoms with Gasteiger partial charge in [0.1, 0.15) is 5.52 Å². The fraction of sp³-hybridized carbons (Fsp3) is 0.396. The van der Waals surface area contributed by atoms with Gasteiger partial charge in [0.25, 0.3) is 6.43 Å². The molecule has 0 saturated carbocycles. The average molecular weight is 781 g/mol. The van der Waals surface area contributed by atoms with Gasteiger partial charge in [0.15, 0.2) is 11.6 Å². The van der Waals surface area contributed by atoms with Crippen molar-refractivity contribution < 1.29 is 8.78 Å². The highest BCUT2D eigenvalue weighted by atomic mass is 19.3. The number of rotatable bonds is 9. The number of benzene rings is 3. The molecule has 58 heavy (non-hydrogen) atoms. The quantitative estimate of drug-likeness (QED) is 0.149. The third-order valence-corrected chi connectivity index (χ3v) is 11.7. The van der Waals surface area contributed by atoms with E-state index in [1.54, 1.807) is 12.3 Å². The first-order valence-electron chi connectivity index (χ1n) is 20.5. The standard InChI is InChI=1S/C45H48F2N8.C3H6/c1-28-35(11-8-12-36(28)39-23-37-32(24-48)19-29(20-38(37)51-39)26-55-17-13-33(14-18-55)45(2,3)4)31-9-7-10-34(22-31)50-43-41-40(52-44(53-43)42(46)47)21-30(25-49-41)27-54-15-5-6-16-54;1-3-2/h7-12,19-22,25,33,42H,5-6,13-18,23,26-27H2,1-4H3,(H,50,52,53);3H,1H2,2H3. The summed E-state index contributed by atoms with van der Waals surface area (Å²) in [6.45, 7) is 20.1. The summed E-state index contributed by atoms with van der Waals surface area (Å²) in [4.78, 5) is 23.0. The van der Waals surface area contributed by atoms with Crippen molar-refractivity contribution in [3.8, 4) is 17.2 Å². The van der Waals surface area contributed by atoms with Gasteiger partial charge in [-0.3, -0.25) is 19.8 Å². The lowest BCUT2D eigenvalue weighted by atomic mass is 9.75. The van der Waals surface area contributed by atoms with Gasteiger partial charge in [0, 0.05) is 37.0 Å². The molecule has 8 rings (SSSR count). The summed E-state index contributed by atoms with van der Waals surface area (Å²) in [7, 11) is 0. The van der Waals surface area contributed by atoms with Crippen molar-refractivity contribution in [1.82, 2.24) is 24.8 Å². The zero-order valence-electron chi connectivity index (χ0n) is 34.5. The fourth-order valence-corrected chi connectivity index (χ4v) is 8.63. The Hall–Kier alpha value is -5.37. The van der Waals surface area contributed by atoms with Crippen LogP contribution in [0.15, 0.2) is 84.5 Å². The second-order valence-electron chi connectivity index (χ2n) is 16.9. The Labute approximate surface area is 341 Å². The summed E-state index contributed by atoms with van der Waals surface area (Å²) in [6.07, 6.45) is 6.06. The number of nitrogens with one attached hydrogen (secondary N) is 1. The first kappa shape index (κ1) is 40.8. The molecule has 2 aromatic heterocycles. The molecule has 3 aliphatic rings. The third kappa shape index (κ3) is 9.17. The van der Waals surface area contributed by atoms with Gasteiger partial charge in [-0.15, -0.1) is 6.58 Å². The Bertz CT molecular complexity index is 2360. The van der Waals surface area contributed by atoms with Gasteiger partial charge in [0.2, 0.25) is 0 Å². The van der Waals surface area contributed by atoms with E-state index >= 15 is 0 Å². The van der Waals surface area contributed by atoms with Crippen LogP contribution in [0.4, 0.5) is 26.0 Å². The highest BCUT2D eigenvalue weighted by Crippen LogP contribution is 2.38. The maximum absolute atomic E-state index is 14.0. The Morgan fingerprint density at radius 3 is 2.33 bits per heavy atom. The van der Waals surface area contributed by atoms with Crippen LogP contribution in [0.2, 0.25) is 0 Å². The number of pyridine rings is 1. The Kier molecular flexibility index (Phi) is 12.4. The van der Waals surface area contributed by atoms with Gasteiger partial charge < -0.3 is 5.32 Å². The number of fused-ring (bicyclic) bond motifs is 2. The Balaban J connectivity index is 0.00000166. The zero-order chi connectivity index (χ0) is 41.0. The molecule has 0 bridgehead atoms. The van der Waals surface area contributed by atoms with Gasteiger partial charge in [-0.2, -0.15) is 5.26 Å². The highest BCUT2D eigenvalue weighted by molar-refractivity contribution is 6.09. The zero-order valence-corrected chi connectivity index (χ0v) is 34.5. The van der Waals surface area contributed by atoms with Gasteiger partial charge in [-0.1, -0.05) is 57.2 Å². The molecule has 5 heterocycles. The van der Waals surface area contributed by atoms with Crippen LogP contribution >= 0.6 is 0 Å². The van der Waals surface area contributed by atoms with E-state index in [1.807, 2.05) is 43.3 Å². The molecule has 3 aromatic carbocycles. The van der Waals surface area contributed by atoms with Gasteiger partial charge in [-0.05, 0) is 141 Å². The second-order valence-corrected chi connectivity index (χ2v) is 16.9. The summed E-state index contributed by atoms with van der Waals surface area (Å²) >= 11 is 0. The molecule has 3 aliphatic heterocycles. The summed E-state index contributed by atoms with van der Waals surface area (Å²) in [5, 5.41) is 13.5. The molecule has 2 saturated heterocycles. The Morgan fingerprint density at radius 2 is 1.62 bits per heavy atom. The number of alkyl halides is 2. The minimum Gasteiger partial charge on any atom is -0.338 e. The van der Waals surface area contributed by atoms with E-state index in [0.717, 1.165) is 95.5 Å². The summed E-state index contributed by atoms with van der Waals surface area (Å²) < 4.78 is 28.0. The maximum atomic E-state index is 14.0. The van der Waals surface area contributed by atoms with Crippen molar-refractivity contribution in [2.24, 2.45) is 16.3 Å². The molecule has 0 amide bonds. The van der Waals surface area contributed by atoms with Gasteiger partial charge in [0.05, 0.1) is 28.5 Å². The molecule has 2 fully saturated rings. The van der Waals surface area contributed by atoms with Crippen LogP contribution in [0.3, 0.4) is 0 Å². The molecule has 0 spiro atoms. The highest BCUT2D eigenvalue weighted by Gasteiger charge is 2.29. The number of piperidine rings is 1. The number of likely N-dealkylation sites (tertiary alicyclic amines) is 2. The van der Waals surface area contributed by atoms with Gasteiger partial charge >= 0.3 is 0 Å². The minimum atomic E-state index is -2.82. The van der Waals surface area contributed by atoms with Crippen LogP contribution in [-0.4, -0.2) is 56.6 Å². The predicted octanol–water partition coefficient (Wildman–Crippen LogP) is 11.3. The topological polar surface area (TPSA) is 93.3 Å². The first-order chi connectivity index (χ1) is 27.9. The van der Waals surface area contributed by atoms with Crippen molar-refractivity contribution >= 4 is 33.9 Å². The number of hydrogen-bond donors (Lipinski definition) is 1. The number of hydrogen-bond acceptors (Lipinski definition) is 8. The monoisotopic (exact) mass is 780 g/mol. The molecule has 1 N–H and O–H groups in total. The van der Waals surface area contributed by atoms with Crippen molar-refractivity contribution in [3.63, 3.8) is 0 Å². The number of nitrogens with zero attached hydrogens (tertiary/aromatic N) is 7. The smallest absolute Gasteiger partial charge is 0.297 e. The molecular formula is C48H54F2N8. The second kappa shape index (κ2) is 17.6. The van der Waals surface area contributed by atoms with E-state index in [-0.39, 0.29) is 5.82 Å². The van der Waals surface area contributed by atoms with E-state index in [9.17, 15) is 14.0 Å². The van der Waals surface area contributed by atoms with E-state index in [0.29, 0.717) is 34.1 Å². The summed E-state index contributed by atoms with van der Waals surface area (Å²) in [5.41, 5.74) is 11.6. The molecule has 10 heteroatoms. The summed E-state index contributed by atoms with van der Waals surface area (Å²) in [6, 6.07) is 22.6. The van der Waals surface area contributed by atoms with Gasteiger partial charge in [-0.25, -0.2) is 18.7 Å². The molecule has 5 aromatic rings. The lowest BCUT2D eigenvalue weighted by Gasteiger charge is -2.38. The van der Waals surface area contributed by atoms with Crippen LogP contribution < -0.4 is 5.32 Å². The molecular weight excluding hydrogens is 727 g/mol. The van der Waals surface area contributed by atoms with Crippen LogP contribution in [-0.2, 0) is 19.5 Å². The third-order valence-electron chi connectivity index (χ3n) is 11.7. The van der Waals surface area contributed by atoms with Crippen molar-refractivity contribution in [2.45, 2.75) is 86.2 Å². The van der Waals surface area contributed by atoms with Crippen LogP contribution in [0.1, 0.15) is 99.0 Å². The van der Waals surface area contributed by atoms with E-state index in [4.69, 9.17) is 4.99 Å². The molecule has 0 atom stereocenters. The number of aromatic nitrogens is 3. The number of halogens is 2. The van der Waals surface area contributed by atoms with E-state index in [1.165, 1.54) is 25.7 Å². The lowest BCUT2D eigenvalue weighted by molar-refractivity contribution is 0.108. The molecule has 0 aliphatic carbocycles. The SMILES string of the molecule is C=CC.Cc1c(C2=Nc3cc(CN4CCC(C(C)(C)C)CC4)cc(C#N)c3C2)cccc1-c1cccc(Nc2nc(C(F)F)nc3cc(CN4CCCC4)cnc23)c1. The molecule has 300 valence electrons. The number of allylic oxidation sites excluding steroid dienone is 1.